The lowest BCUT2D eigenvalue weighted by atomic mass is 10.3. The molecular weight excluding hydrogens is 216 g/mol. The van der Waals surface area contributed by atoms with Crippen LogP contribution in [0.3, 0.4) is 0 Å². The molecular formula is C9H8N2O3S. The highest BCUT2D eigenvalue weighted by molar-refractivity contribution is 7.19. The molecule has 0 fully saturated rings. The van der Waals surface area contributed by atoms with Gasteiger partial charge in [-0.05, 0) is 6.07 Å². The molecule has 0 spiro atoms. The van der Waals surface area contributed by atoms with E-state index in [1.165, 1.54) is 24.7 Å². The fourth-order valence-electron chi connectivity index (χ4n) is 1.08. The van der Waals surface area contributed by atoms with Crippen molar-refractivity contribution in [2.75, 3.05) is 12.8 Å². The maximum absolute atomic E-state index is 11.2. The van der Waals surface area contributed by atoms with E-state index in [0.29, 0.717) is 10.0 Å². The molecule has 0 aliphatic carbocycles. The average Bonchev–Trinajstić information content (AvgIpc) is 2.84. The van der Waals surface area contributed by atoms with E-state index >= 15 is 0 Å². The Labute approximate surface area is 89.5 Å². The van der Waals surface area contributed by atoms with Gasteiger partial charge in [0, 0.05) is 5.56 Å². The minimum absolute atomic E-state index is 0.152. The highest BCUT2D eigenvalue weighted by Gasteiger charge is 2.17. The molecule has 2 N–H and O–H groups in total. The molecule has 0 saturated heterocycles. The second-order valence-corrected chi connectivity index (χ2v) is 3.77. The quantitative estimate of drug-likeness (QED) is 0.786. The van der Waals surface area contributed by atoms with Gasteiger partial charge in [-0.3, -0.25) is 0 Å². The van der Waals surface area contributed by atoms with E-state index < -0.39 is 5.97 Å². The third kappa shape index (κ3) is 1.71. The van der Waals surface area contributed by atoms with Gasteiger partial charge in [-0.25, -0.2) is 9.78 Å². The van der Waals surface area contributed by atoms with E-state index in [-0.39, 0.29) is 5.69 Å². The summed E-state index contributed by atoms with van der Waals surface area (Å²) in [6, 6.07) is 1.75. The molecule has 0 saturated carbocycles. The van der Waals surface area contributed by atoms with Gasteiger partial charge in [0.25, 0.3) is 0 Å². The van der Waals surface area contributed by atoms with Crippen molar-refractivity contribution >= 4 is 22.3 Å². The number of aromatic nitrogens is 1. The van der Waals surface area contributed by atoms with Crippen molar-refractivity contribution in [3.63, 3.8) is 0 Å². The first kappa shape index (κ1) is 9.72. The molecule has 0 aliphatic rings. The molecule has 0 radical (unpaired) electrons. The third-order valence-electron chi connectivity index (χ3n) is 1.80. The summed E-state index contributed by atoms with van der Waals surface area (Å²) >= 11 is 1.22. The molecule has 0 aromatic carbocycles. The van der Waals surface area contributed by atoms with Crippen LogP contribution >= 0.6 is 11.3 Å². The zero-order valence-corrected chi connectivity index (χ0v) is 8.71. The lowest BCUT2D eigenvalue weighted by Gasteiger charge is -1.93. The maximum atomic E-state index is 11.2. The number of carbonyl (C=O) groups is 1. The van der Waals surface area contributed by atoms with Crippen LogP contribution in [-0.4, -0.2) is 18.1 Å². The first-order valence-corrected chi connectivity index (χ1v) is 4.91. The van der Waals surface area contributed by atoms with E-state index in [9.17, 15) is 4.79 Å². The van der Waals surface area contributed by atoms with Gasteiger partial charge in [-0.15, -0.1) is 0 Å². The first-order valence-electron chi connectivity index (χ1n) is 4.09. The van der Waals surface area contributed by atoms with E-state index in [1.807, 2.05) is 0 Å². The summed E-state index contributed by atoms with van der Waals surface area (Å²) < 4.78 is 9.46. The molecule has 2 heterocycles. The lowest BCUT2D eigenvalue weighted by Crippen LogP contribution is -2.04. The molecule has 0 aliphatic heterocycles. The smallest absolute Gasteiger partial charge is 0.359 e. The predicted molar refractivity (Wildman–Crippen MR) is 55.6 cm³/mol. The summed E-state index contributed by atoms with van der Waals surface area (Å²) in [6.07, 6.45) is 3.07. The zero-order valence-electron chi connectivity index (χ0n) is 7.89. The van der Waals surface area contributed by atoms with Crippen LogP contribution in [0.25, 0.3) is 10.6 Å². The summed E-state index contributed by atoms with van der Waals surface area (Å²) in [7, 11) is 1.29. The number of carbonyl (C=O) groups excluding carboxylic acids is 1. The van der Waals surface area contributed by atoms with E-state index in [1.54, 1.807) is 12.3 Å². The minimum Gasteiger partial charge on any atom is -0.472 e. The van der Waals surface area contributed by atoms with Gasteiger partial charge in [-0.1, -0.05) is 11.3 Å². The number of hydrogen-bond donors (Lipinski definition) is 1. The molecule has 15 heavy (non-hydrogen) atoms. The van der Waals surface area contributed by atoms with Crippen molar-refractivity contribution in [3.05, 3.63) is 24.3 Å². The van der Waals surface area contributed by atoms with Gasteiger partial charge < -0.3 is 14.9 Å². The van der Waals surface area contributed by atoms with Crippen LogP contribution < -0.4 is 5.73 Å². The number of esters is 1. The van der Waals surface area contributed by atoms with Crippen molar-refractivity contribution in [2.24, 2.45) is 0 Å². The minimum atomic E-state index is -0.529. The third-order valence-corrected chi connectivity index (χ3v) is 2.73. The summed E-state index contributed by atoms with van der Waals surface area (Å²) in [4.78, 5) is 15.3. The van der Waals surface area contributed by atoms with Crippen LogP contribution in [0.4, 0.5) is 5.00 Å². The predicted octanol–water partition coefficient (Wildman–Crippen LogP) is 1.77. The highest BCUT2D eigenvalue weighted by Crippen LogP contribution is 2.30. The highest BCUT2D eigenvalue weighted by atomic mass is 32.1. The van der Waals surface area contributed by atoms with E-state index in [4.69, 9.17) is 10.2 Å². The number of nitrogens with zero attached hydrogens (tertiary/aromatic N) is 1. The molecule has 6 heteroatoms. The number of hydrogen-bond acceptors (Lipinski definition) is 6. The summed E-state index contributed by atoms with van der Waals surface area (Å²) in [5.74, 6) is -0.529. The van der Waals surface area contributed by atoms with Gasteiger partial charge >= 0.3 is 5.97 Å². The van der Waals surface area contributed by atoms with Crippen LogP contribution in [0.2, 0.25) is 0 Å². The Morgan fingerprint density at radius 1 is 1.67 bits per heavy atom. The Bertz CT molecular complexity index is 476. The topological polar surface area (TPSA) is 78.3 Å². The fourth-order valence-corrected chi connectivity index (χ4v) is 1.89. The SMILES string of the molecule is COC(=O)c1nc(-c2ccoc2)sc1N. The van der Waals surface area contributed by atoms with Gasteiger partial charge in [0.05, 0.1) is 13.4 Å². The van der Waals surface area contributed by atoms with Gasteiger partial charge in [0.15, 0.2) is 5.69 Å². The molecule has 0 amide bonds. The van der Waals surface area contributed by atoms with Crippen LogP contribution in [0.5, 0.6) is 0 Å². The van der Waals surface area contributed by atoms with E-state index in [0.717, 1.165) is 5.56 Å². The second-order valence-electron chi connectivity index (χ2n) is 2.74. The van der Waals surface area contributed by atoms with Crippen LogP contribution in [0, 0.1) is 0 Å². The summed E-state index contributed by atoms with van der Waals surface area (Å²) in [6.45, 7) is 0. The fraction of sp³-hybridized carbons (Fsp3) is 0.111. The van der Waals surface area contributed by atoms with Crippen molar-refractivity contribution in [3.8, 4) is 10.6 Å². The molecule has 2 rings (SSSR count). The number of ether oxygens (including phenoxy) is 1. The molecule has 2 aromatic rings. The van der Waals surface area contributed by atoms with Crippen LogP contribution in [0.1, 0.15) is 10.5 Å². The monoisotopic (exact) mass is 224 g/mol. The molecule has 5 nitrogen and oxygen atoms in total. The van der Waals surface area contributed by atoms with Crippen molar-refractivity contribution < 1.29 is 13.9 Å². The Hall–Kier alpha value is -1.82. The van der Waals surface area contributed by atoms with Crippen LogP contribution in [-0.2, 0) is 4.74 Å². The number of nitrogens with two attached hydrogens (primary N) is 1. The number of thiazole rings is 1. The van der Waals surface area contributed by atoms with Crippen molar-refractivity contribution in [1.82, 2.24) is 4.98 Å². The Balaban J connectivity index is 2.41. The summed E-state index contributed by atoms with van der Waals surface area (Å²) in [5, 5.41) is 0.986. The first-order chi connectivity index (χ1) is 7.22. The average molecular weight is 224 g/mol. The molecule has 2 aromatic heterocycles. The van der Waals surface area contributed by atoms with Crippen LogP contribution in [0.15, 0.2) is 23.0 Å². The zero-order chi connectivity index (χ0) is 10.8. The lowest BCUT2D eigenvalue weighted by molar-refractivity contribution is 0.0596. The number of methoxy groups -OCH3 is 1. The molecule has 0 atom stereocenters. The van der Waals surface area contributed by atoms with Gasteiger partial charge in [0.2, 0.25) is 0 Å². The summed E-state index contributed by atoms with van der Waals surface area (Å²) in [5.41, 5.74) is 6.59. The number of rotatable bonds is 2. The molecule has 78 valence electrons. The Kier molecular flexibility index (Phi) is 2.42. The largest absolute Gasteiger partial charge is 0.472 e. The van der Waals surface area contributed by atoms with Gasteiger partial charge in [0.1, 0.15) is 16.3 Å². The molecule has 0 bridgehead atoms. The molecule has 0 unspecified atom stereocenters. The number of furan rings is 1. The maximum Gasteiger partial charge on any atom is 0.359 e. The standard InChI is InChI=1S/C9H8N2O3S/c1-13-9(12)6-7(10)15-8(11-6)5-2-3-14-4-5/h2-4H,10H2,1H3. The van der Waals surface area contributed by atoms with Crippen molar-refractivity contribution in [1.29, 1.82) is 0 Å². The van der Waals surface area contributed by atoms with Gasteiger partial charge in [-0.2, -0.15) is 0 Å². The van der Waals surface area contributed by atoms with E-state index in [2.05, 4.69) is 9.72 Å². The second kappa shape index (κ2) is 3.74. The Morgan fingerprint density at radius 2 is 2.47 bits per heavy atom. The Morgan fingerprint density at radius 3 is 3.07 bits per heavy atom. The van der Waals surface area contributed by atoms with Crippen molar-refractivity contribution in [2.45, 2.75) is 0 Å². The normalized spacial score (nSPS) is 10.2. The number of anilines is 1. The number of nitrogen functional groups attached to an aromatic ring is 1.